The molecule has 7 nitrogen and oxygen atoms in total. The highest BCUT2D eigenvalue weighted by atomic mass is 35.5. The second-order valence-corrected chi connectivity index (χ2v) is 9.38. The lowest BCUT2D eigenvalue weighted by molar-refractivity contribution is -0.142. The van der Waals surface area contributed by atoms with E-state index >= 15 is 0 Å². The Kier molecular flexibility index (Phi) is 9.31. The maximum absolute atomic E-state index is 13.0. The van der Waals surface area contributed by atoms with Crippen molar-refractivity contribution >= 4 is 46.7 Å². The quantitative estimate of drug-likeness (QED) is 0.223. The molecule has 0 saturated heterocycles. The maximum atomic E-state index is 13.0. The molecule has 0 saturated carbocycles. The lowest BCUT2D eigenvalue weighted by atomic mass is 10.0. The van der Waals surface area contributed by atoms with Gasteiger partial charge in [0.15, 0.2) is 0 Å². The standard InChI is InChI=1S/C30H25Cl2N3O4/c1-2-39-28(36)13-14-33-30(38)27-12-7-21(18-34-27)22-15-23(17-25(32)16-22)29(37)35-26-10-5-20(6-11-26)19-3-8-24(31)9-4-19/h3-12,15-18H,2,13-14H2,1H3,(H,33,38)(H,35,37). The Morgan fingerprint density at radius 2 is 1.44 bits per heavy atom. The van der Waals surface area contributed by atoms with Crippen molar-refractivity contribution in [1.29, 1.82) is 0 Å². The van der Waals surface area contributed by atoms with Crippen LogP contribution in [0.5, 0.6) is 0 Å². The predicted molar refractivity (Wildman–Crippen MR) is 153 cm³/mol. The molecule has 1 aromatic heterocycles. The first-order valence-electron chi connectivity index (χ1n) is 12.2. The van der Waals surface area contributed by atoms with Crippen molar-refractivity contribution in [1.82, 2.24) is 10.3 Å². The van der Waals surface area contributed by atoms with E-state index in [1.807, 2.05) is 48.5 Å². The number of carbonyl (C=O) groups excluding carboxylic acids is 3. The Balaban J connectivity index is 1.41. The van der Waals surface area contributed by atoms with Crippen LogP contribution in [0, 0.1) is 0 Å². The molecule has 1 heterocycles. The number of hydrogen-bond donors (Lipinski definition) is 2. The largest absolute Gasteiger partial charge is 0.466 e. The van der Waals surface area contributed by atoms with Crippen molar-refractivity contribution in [3.8, 4) is 22.3 Å². The third-order valence-corrected chi connectivity index (χ3v) is 6.20. The van der Waals surface area contributed by atoms with E-state index in [2.05, 4.69) is 15.6 Å². The molecular formula is C30H25Cl2N3O4. The fourth-order valence-electron chi connectivity index (χ4n) is 3.78. The molecule has 9 heteroatoms. The number of hydrogen-bond acceptors (Lipinski definition) is 5. The molecule has 0 spiro atoms. The van der Waals surface area contributed by atoms with E-state index in [4.69, 9.17) is 27.9 Å². The number of benzene rings is 3. The fourth-order valence-corrected chi connectivity index (χ4v) is 4.14. The summed E-state index contributed by atoms with van der Waals surface area (Å²) < 4.78 is 4.84. The number of amides is 2. The van der Waals surface area contributed by atoms with Gasteiger partial charge in [-0.1, -0.05) is 53.5 Å². The first kappa shape index (κ1) is 27.8. The number of anilines is 1. The molecule has 0 fully saturated rings. The Morgan fingerprint density at radius 3 is 2.08 bits per heavy atom. The number of carbonyl (C=O) groups is 3. The summed E-state index contributed by atoms with van der Waals surface area (Å²) in [6.07, 6.45) is 1.61. The van der Waals surface area contributed by atoms with Gasteiger partial charge in [-0.15, -0.1) is 0 Å². The molecule has 0 atom stereocenters. The Hall–Kier alpha value is -4.20. The van der Waals surface area contributed by atoms with Crippen molar-refractivity contribution in [2.45, 2.75) is 13.3 Å². The van der Waals surface area contributed by atoms with Crippen molar-refractivity contribution in [3.05, 3.63) is 106 Å². The number of rotatable bonds is 9. The van der Waals surface area contributed by atoms with Crippen LogP contribution in [-0.4, -0.2) is 35.9 Å². The Bertz CT molecular complexity index is 1470. The number of pyridine rings is 1. The molecular weight excluding hydrogens is 537 g/mol. The van der Waals surface area contributed by atoms with Gasteiger partial charge in [0.05, 0.1) is 13.0 Å². The Morgan fingerprint density at radius 1 is 0.769 bits per heavy atom. The van der Waals surface area contributed by atoms with Crippen LogP contribution >= 0.6 is 23.2 Å². The predicted octanol–water partition coefficient (Wildman–Crippen LogP) is 6.66. The highest BCUT2D eigenvalue weighted by Gasteiger charge is 2.13. The van der Waals surface area contributed by atoms with E-state index in [1.54, 1.807) is 37.3 Å². The summed E-state index contributed by atoms with van der Waals surface area (Å²) in [5.74, 6) is -1.10. The number of nitrogens with one attached hydrogen (secondary N) is 2. The molecule has 0 aliphatic carbocycles. The monoisotopic (exact) mass is 561 g/mol. The highest BCUT2D eigenvalue weighted by Crippen LogP contribution is 2.26. The van der Waals surface area contributed by atoms with Crippen LogP contribution in [0.4, 0.5) is 5.69 Å². The van der Waals surface area contributed by atoms with Gasteiger partial charge in [0, 0.05) is 39.6 Å². The summed E-state index contributed by atoms with van der Waals surface area (Å²) in [5.41, 5.74) is 4.59. The van der Waals surface area contributed by atoms with Gasteiger partial charge in [0.1, 0.15) is 5.69 Å². The summed E-state index contributed by atoms with van der Waals surface area (Å²) in [5, 5.41) is 6.58. The number of aromatic nitrogens is 1. The number of halogens is 2. The number of ether oxygens (including phenoxy) is 1. The van der Waals surface area contributed by atoms with Gasteiger partial charge in [-0.05, 0) is 72.1 Å². The van der Waals surface area contributed by atoms with Crippen LogP contribution < -0.4 is 10.6 Å². The molecule has 0 radical (unpaired) electrons. The molecule has 2 N–H and O–H groups in total. The molecule has 2 amide bonds. The Labute approximate surface area is 236 Å². The van der Waals surface area contributed by atoms with Gasteiger partial charge in [-0.2, -0.15) is 0 Å². The maximum Gasteiger partial charge on any atom is 0.307 e. The van der Waals surface area contributed by atoms with Gasteiger partial charge < -0.3 is 15.4 Å². The molecule has 4 aromatic rings. The summed E-state index contributed by atoms with van der Waals surface area (Å²) in [6, 6.07) is 23.3. The molecule has 3 aromatic carbocycles. The number of esters is 1. The minimum Gasteiger partial charge on any atom is -0.466 e. The molecule has 0 aliphatic heterocycles. The zero-order chi connectivity index (χ0) is 27.8. The van der Waals surface area contributed by atoms with Gasteiger partial charge in [0.2, 0.25) is 0 Å². The molecule has 0 aliphatic rings. The van der Waals surface area contributed by atoms with E-state index in [0.717, 1.165) is 11.1 Å². The van der Waals surface area contributed by atoms with Crippen molar-refractivity contribution < 1.29 is 19.1 Å². The minimum absolute atomic E-state index is 0.0809. The van der Waals surface area contributed by atoms with Crippen LogP contribution in [-0.2, 0) is 9.53 Å². The summed E-state index contributed by atoms with van der Waals surface area (Å²) in [6.45, 7) is 2.16. The van der Waals surface area contributed by atoms with Crippen LogP contribution in [0.2, 0.25) is 10.0 Å². The average molecular weight is 562 g/mol. The molecule has 198 valence electrons. The smallest absolute Gasteiger partial charge is 0.307 e. The molecule has 0 unspecified atom stereocenters. The van der Waals surface area contributed by atoms with E-state index < -0.39 is 5.91 Å². The summed E-state index contributed by atoms with van der Waals surface area (Å²) in [4.78, 5) is 40.9. The molecule has 0 bridgehead atoms. The van der Waals surface area contributed by atoms with Crippen LogP contribution in [0.15, 0.2) is 85.1 Å². The fraction of sp³-hybridized carbons (Fsp3) is 0.133. The van der Waals surface area contributed by atoms with Crippen molar-refractivity contribution in [2.75, 3.05) is 18.5 Å². The SMILES string of the molecule is CCOC(=O)CCNC(=O)c1ccc(-c2cc(Cl)cc(C(=O)Nc3ccc(-c4ccc(Cl)cc4)cc3)c2)cn1. The van der Waals surface area contributed by atoms with E-state index in [-0.39, 0.29) is 30.5 Å². The van der Waals surface area contributed by atoms with E-state index in [0.29, 0.717) is 39.0 Å². The highest BCUT2D eigenvalue weighted by molar-refractivity contribution is 6.31. The van der Waals surface area contributed by atoms with Crippen LogP contribution in [0.3, 0.4) is 0 Å². The van der Waals surface area contributed by atoms with Crippen molar-refractivity contribution in [2.24, 2.45) is 0 Å². The minimum atomic E-state index is -0.404. The summed E-state index contributed by atoms with van der Waals surface area (Å²) in [7, 11) is 0. The van der Waals surface area contributed by atoms with E-state index in [9.17, 15) is 14.4 Å². The molecule has 39 heavy (non-hydrogen) atoms. The second kappa shape index (κ2) is 13.0. The zero-order valence-electron chi connectivity index (χ0n) is 21.0. The lowest BCUT2D eigenvalue weighted by Gasteiger charge is -2.10. The van der Waals surface area contributed by atoms with Gasteiger partial charge in [-0.25, -0.2) is 0 Å². The average Bonchev–Trinajstić information content (AvgIpc) is 2.94. The summed E-state index contributed by atoms with van der Waals surface area (Å²) >= 11 is 12.3. The lowest BCUT2D eigenvalue weighted by Crippen LogP contribution is -2.27. The third kappa shape index (κ3) is 7.66. The number of nitrogens with zero attached hydrogens (tertiary/aromatic N) is 1. The third-order valence-electron chi connectivity index (χ3n) is 5.73. The first-order valence-corrected chi connectivity index (χ1v) is 13.0. The van der Waals surface area contributed by atoms with Crippen LogP contribution in [0.25, 0.3) is 22.3 Å². The van der Waals surface area contributed by atoms with E-state index in [1.165, 1.54) is 6.20 Å². The molecule has 4 rings (SSSR count). The van der Waals surface area contributed by atoms with Crippen molar-refractivity contribution in [3.63, 3.8) is 0 Å². The van der Waals surface area contributed by atoms with Gasteiger partial charge in [-0.3, -0.25) is 19.4 Å². The van der Waals surface area contributed by atoms with Gasteiger partial charge in [0.25, 0.3) is 11.8 Å². The zero-order valence-corrected chi connectivity index (χ0v) is 22.6. The second-order valence-electron chi connectivity index (χ2n) is 8.51. The first-order chi connectivity index (χ1) is 18.8. The topological polar surface area (TPSA) is 97.4 Å². The van der Waals surface area contributed by atoms with Crippen LogP contribution in [0.1, 0.15) is 34.2 Å². The normalized spacial score (nSPS) is 10.5. The van der Waals surface area contributed by atoms with Gasteiger partial charge >= 0.3 is 5.97 Å².